The average Bonchev–Trinajstić information content (AvgIpc) is 2.48. The molecule has 20 heavy (non-hydrogen) atoms. The van der Waals surface area contributed by atoms with Crippen molar-refractivity contribution in [1.82, 2.24) is 0 Å². The molecule has 0 bridgehead atoms. The van der Waals surface area contributed by atoms with Crippen LogP contribution < -0.4 is 0 Å². The fraction of sp³-hybridized carbons (Fsp3) is 1.00. The summed E-state index contributed by atoms with van der Waals surface area (Å²) < 4.78 is 0. The van der Waals surface area contributed by atoms with E-state index in [0.29, 0.717) is 16.2 Å². The van der Waals surface area contributed by atoms with Crippen molar-refractivity contribution >= 4 is 6.71 Å². The Morgan fingerprint density at radius 2 is 1.45 bits per heavy atom. The van der Waals surface area contributed by atoms with Crippen LogP contribution in [0, 0.1) is 16.2 Å². The highest BCUT2D eigenvalue weighted by Gasteiger charge is 2.49. The van der Waals surface area contributed by atoms with Crippen LogP contribution in [-0.2, 0) is 0 Å². The Morgan fingerprint density at radius 3 is 1.85 bits per heavy atom. The Hall–Kier alpha value is 0.0649. The standard InChI is InChI=1S/C19H39B/c1-9-12-17(3,4)13-11-16(10-2)20-14-18(5,6)19(7,8)15-20/h16H,9-15H2,1-8H3. The molecule has 0 aliphatic carbocycles. The first-order chi connectivity index (χ1) is 9.04. The van der Waals surface area contributed by atoms with Gasteiger partial charge in [0.05, 0.1) is 0 Å². The van der Waals surface area contributed by atoms with E-state index in [9.17, 15) is 0 Å². The second-order valence-electron chi connectivity index (χ2n) is 9.56. The van der Waals surface area contributed by atoms with Gasteiger partial charge in [-0.05, 0) is 29.1 Å². The van der Waals surface area contributed by atoms with Gasteiger partial charge >= 0.3 is 0 Å². The molecule has 0 amide bonds. The molecule has 1 heterocycles. The first-order valence-electron chi connectivity index (χ1n) is 9.04. The topological polar surface area (TPSA) is 0 Å². The first-order valence-corrected chi connectivity index (χ1v) is 9.04. The van der Waals surface area contributed by atoms with E-state index < -0.39 is 0 Å². The fourth-order valence-electron chi connectivity index (χ4n) is 4.42. The van der Waals surface area contributed by atoms with E-state index >= 15 is 0 Å². The summed E-state index contributed by atoms with van der Waals surface area (Å²) in [5.41, 5.74) is 1.58. The minimum atomic E-state index is 0.518. The van der Waals surface area contributed by atoms with Crippen molar-refractivity contribution in [1.29, 1.82) is 0 Å². The normalized spacial score (nSPS) is 23.1. The van der Waals surface area contributed by atoms with Gasteiger partial charge in [0.1, 0.15) is 6.71 Å². The molecule has 0 radical (unpaired) electrons. The summed E-state index contributed by atoms with van der Waals surface area (Å²) in [5.74, 6) is 0.951. The zero-order chi connectivity index (χ0) is 15.6. The SMILES string of the molecule is CCCC(C)(C)CCC(CC)B1CC(C)(C)C(C)(C)C1. The van der Waals surface area contributed by atoms with Crippen LogP contribution in [0.2, 0.25) is 18.5 Å². The molecule has 0 saturated carbocycles. The van der Waals surface area contributed by atoms with Crippen LogP contribution in [-0.4, -0.2) is 6.71 Å². The van der Waals surface area contributed by atoms with Crippen LogP contribution in [0.3, 0.4) is 0 Å². The van der Waals surface area contributed by atoms with Crippen molar-refractivity contribution < 1.29 is 0 Å². The molecular weight excluding hydrogens is 239 g/mol. The molecule has 0 spiro atoms. The van der Waals surface area contributed by atoms with E-state index in [1.165, 1.54) is 44.7 Å². The van der Waals surface area contributed by atoms with Gasteiger partial charge in [0.2, 0.25) is 0 Å². The van der Waals surface area contributed by atoms with Crippen molar-refractivity contribution in [3.63, 3.8) is 0 Å². The summed E-state index contributed by atoms with van der Waals surface area (Å²) in [6, 6.07) is 0. The number of hydrogen-bond acceptors (Lipinski definition) is 0. The lowest BCUT2D eigenvalue weighted by Crippen LogP contribution is -2.24. The Morgan fingerprint density at radius 1 is 0.950 bits per heavy atom. The number of hydrogen-bond donors (Lipinski definition) is 0. The molecule has 118 valence electrons. The molecule has 0 nitrogen and oxygen atoms in total. The van der Waals surface area contributed by atoms with Gasteiger partial charge in [-0.25, -0.2) is 0 Å². The Bertz CT molecular complexity index is 285. The predicted octanol–water partition coefficient (Wildman–Crippen LogP) is 6.93. The van der Waals surface area contributed by atoms with Gasteiger partial charge in [0.15, 0.2) is 0 Å². The second-order valence-corrected chi connectivity index (χ2v) is 9.56. The minimum Gasteiger partial charge on any atom is -0.0682 e. The monoisotopic (exact) mass is 278 g/mol. The summed E-state index contributed by atoms with van der Waals surface area (Å²) in [7, 11) is 0. The molecule has 1 atom stereocenters. The van der Waals surface area contributed by atoms with Gasteiger partial charge in [-0.1, -0.05) is 93.1 Å². The molecule has 0 aromatic carbocycles. The van der Waals surface area contributed by atoms with E-state index in [0.717, 1.165) is 12.5 Å². The lowest BCUT2D eigenvalue weighted by molar-refractivity contribution is 0.177. The lowest BCUT2D eigenvalue weighted by Gasteiger charge is -2.35. The summed E-state index contributed by atoms with van der Waals surface area (Å²) in [4.78, 5) is 0. The third-order valence-electron chi connectivity index (χ3n) is 6.69. The van der Waals surface area contributed by atoms with E-state index in [2.05, 4.69) is 55.4 Å². The zero-order valence-corrected chi connectivity index (χ0v) is 15.6. The van der Waals surface area contributed by atoms with E-state index in [-0.39, 0.29) is 0 Å². The molecule has 1 saturated heterocycles. The van der Waals surface area contributed by atoms with Crippen LogP contribution in [0.15, 0.2) is 0 Å². The maximum absolute atomic E-state index is 2.49. The highest BCUT2D eigenvalue weighted by Crippen LogP contribution is 2.56. The predicted molar refractivity (Wildman–Crippen MR) is 94.9 cm³/mol. The van der Waals surface area contributed by atoms with Crippen LogP contribution in [0.1, 0.15) is 87.5 Å². The van der Waals surface area contributed by atoms with Crippen molar-refractivity contribution in [3.8, 4) is 0 Å². The minimum absolute atomic E-state index is 0.518. The van der Waals surface area contributed by atoms with E-state index in [1.54, 1.807) is 0 Å². The van der Waals surface area contributed by atoms with Crippen LogP contribution in [0.4, 0.5) is 0 Å². The smallest absolute Gasteiger partial charge is 0.0682 e. The average molecular weight is 278 g/mol. The van der Waals surface area contributed by atoms with E-state index in [4.69, 9.17) is 0 Å². The Balaban J connectivity index is 2.61. The van der Waals surface area contributed by atoms with Gasteiger partial charge in [-0.15, -0.1) is 0 Å². The molecular formula is C19H39B. The van der Waals surface area contributed by atoms with E-state index in [1.807, 2.05) is 0 Å². The van der Waals surface area contributed by atoms with Crippen molar-refractivity contribution in [2.45, 2.75) is 106 Å². The molecule has 1 fully saturated rings. The highest BCUT2D eigenvalue weighted by atomic mass is 14.4. The molecule has 1 aliphatic rings. The van der Waals surface area contributed by atoms with Crippen LogP contribution in [0.25, 0.3) is 0 Å². The summed E-state index contributed by atoms with van der Waals surface area (Å²) in [6.07, 6.45) is 9.81. The van der Waals surface area contributed by atoms with Crippen molar-refractivity contribution in [2.75, 3.05) is 0 Å². The third-order valence-corrected chi connectivity index (χ3v) is 6.69. The Kier molecular flexibility index (Phi) is 5.84. The van der Waals surface area contributed by atoms with Crippen molar-refractivity contribution in [3.05, 3.63) is 0 Å². The molecule has 0 N–H and O–H groups in total. The Labute approximate surface area is 129 Å². The maximum atomic E-state index is 2.49. The highest BCUT2D eigenvalue weighted by molar-refractivity contribution is 6.61. The van der Waals surface area contributed by atoms with Gasteiger partial charge in [0.25, 0.3) is 0 Å². The largest absolute Gasteiger partial charge is 0.144 e. The molecule has 1 rings (SSSR count). The zero-order valence-electron chi connectivity index (χ0n) is 15.6. The molecule has 1 heteroatoms. The van der Waals surface area contributed by atoms with Crippen molar-refractivity contribution in [2.24, 2.45) is 16.2 Å². The van der Waals surface area contributed by atoms with Gasteiger partial charge < -0.3 is 0 Å². The lowest BCUT2D eigenvalue weighted by atomic mass is 9.37. The van der Waals surface area contributed by atoms with Gasteiger partial charge in [-0.2, -0.15) is 0 Å². The second kappa shape index (κ2) is 6.45. The maximum Gasteiger partial charge on any atom is 0.144 e. The summed E-state index contributed by atoms with van der Waals surface area (Å²) in [5, 5.41) is 0. The van der Waals surface area contributed by atoms with Crippen LogP contribution >= 0.6 is 0 Å². The molecule has 0 aromatic heterocycles. The first kappa shape index (κ1) is 18.1. The molecule has 1 aliphatic heterocycles. The third kappa shape index (κ3) is 4.28. The molecule has 0 aromatic rings. The fourth-order valence-corrected chi connectivity index (χ4v) is 4.42. The van der Waals surface area contributed by atoms with Gasteiger partial charge in [0, 0.05) is 0 Å². The molecule has 1 unspecified atom stereocenters. The summed E-state index contributed by atoms with van der Waals surface area (Å²) >= 11 is 0. The number of rotatable bonds is 7. The van der Waals surface area contributed by atoms with Crippen LogP contribution in [0.5, 0.6) is 0 Å². The summed E-state index contributed by atoms with van der Waals surface area (Å²) in [6.45, 7) is 20.6. The van der Waals surface area contributed by atoms with Gasteiger partial charge in [-0.3, -0.25) is 0 Å². The quantitative estimate of drug-likeness (QED) is 0.443.